The van der Waals surface area contributed by atoms with E-state index in [1.54, 1.807) is 0 Å². The molecule has 0 radical (unpaired) electrons. The van der Waals surface area contributed by atoms with E-state index in [4.69, 9.17) is 0 Å². The van der Waals surface area contributed by atoms with E-state index in [0.717, 1.165) is 23.4 Å². The molecule has 0 heterocycles. The van der Waals surface area contributed by atoms with E-state index in [2.05, 4.69) is 17.7 Å². The topological polar surface area (TPSA) is 29.1 Å². The lowest BCUT2D eigenvalue weighted by atomic mass is 9.56. The van der Waals surface area contributed by atoms with Gasteiger partial charge in [0.05, 0.1) is 4.75 Å². The molecule has 0 aromatic heterocycles. The van der Waals surface area contributed by atoms with Crippen LogP contribution in [-0.2, 0) is 11.0 Å². The first-order valence-electron chi connectivity index (χ1n) is 7.89. The minimum Gasteiger partial charge on any atom is -0.304 e. The molecular formula is C17H23NOS. The first kappa shape index (κ1) is 12.9. The Morgan fingerprint density at radius 2 is 1.60 bits per heavy atom. The van der Waals surface area contributed by atoms with Gasteiger partial charge < -0.3 is 4.72 Å². The summed E-state index contributed by atoms with van der Waals surface area (Å²) in [7, 11) is -0.936. The Labute approximate surface area is 123 Å². The van der Waals surface area contributed by atoms with Crippen LogP contribution in [0.1, 0.15) is 44.1 Å². The fourth-order valence-electron chi connectivity index (χ4n) is 5.15. The van der Waals surface area contributed by atoms with E-state index in [0.29, 0.717) is 0 Å². The monoisotopic (exact) mass is 289 g/mol. The number of nitrogens with one attached hydrogen (secondary N) is 1. The summed E-state index contributed by atoms with van der Waals surface area (Å²) >= 11 is 0. The van der Waals surface area contributed by atoms with Crippen LogP contribution in [0, 0.1) is 24.7 Å². The lowest BCUT2D eigenvalue weighted by Crippen LogP contribution is -2.54. The van der Waals surface area contributed by atoms with Crippen LogP contribution >= 0.6 is 0 Å². The molecule has 4 aliphatic rings. The molecule has 1 aromatic carbocycles. The van der Waals surface area contributed by atoms with Crippen molar-refractivity contribution in [1.29, 1.82) is 0 Å². The maximum absolute atomic E-state index is 13.0. The minimum atomic E-state index is -0.936. The fraction of sp³-hybridized carbons (Fsp3) is 0.647. The molecule has 3 heteroatoms. The van der Waals surface area contributed by atoms with Gasteiger partial charge in [-0.15, -0.1) is 0 Å². The number of hydrogen-bond donors (Lipinski definition) is 1. The zero-order chi connectivity index (χ0) is 13.7. The summed E-state index contributed by atoms with van der Waals surface area (Å²) in [5.41, 5.74) is 2.23. The maximum Gasteiger partial charge on any atom is 0.123 e. The highest BCUT2D eigenvalue weighted by molar-refractivity contribution is 7.87. The molecule has 2 nitrogen and oxygen atoms in total. The lowest BCUT2D eigenvalue weighted by molar-refractivity contribution is 0.0363. The first-order valence-corrected chi connectivity index (χ1v) is 9.04. The molecule has 108 valence electrons. The van der Waals surface area contributed by atoms with Gasteiger partial charge in [-0.2, -0.15) is 0 Å². The van der Waals surface area contributed by atoms with E-state index in [1.165, 1.54) is 44.1 Å². The third kappa shape index (κ3) is 2.02. The Balaban J connectivity index is 1.58. The highest BCUT2D eigenvalue weighted by atomic mass is 32.2. The molecule has 0 amide bonds. The number of hydrogen-bond acceptors (Lipinski definition) is 1. The standard InChI is InChI=1S/C17H23NOS/c1-12-4-2-3-5-16(12)18-20(19)17-9-13-6-14(10-17)8-15(7-13)11-17/h2-5,13-15,18H,6-11H2,1H3. The highest BCUT2D eigenvalue weighted by Crippen LogP contribution is 2.57. The van der Waals surface area contributed by atoms with Gasteiger partial charge in [0.15, 0.2) is 0 Å². The molecule has 1 aromatic rings. The molecule has 4 aliphatic carbocycles. The lowest BCUT2D eigenvalue weighted by Gasteiger charge is -2.55. The zero-order valence-electron chi connectivity index (χ0n) is 12.1. The van der Waals surface area contributed by atoms with Gasteiger partial charge in [-0.25, -0.2) is 4.21 Å². The maximum atomic E-state index is 13.0. The number of rotatable bonds is 3. The van der Waals surface area contributed by atoms with Crippen molar-refractivity contribution in [2.45, 2.75) is 50.2 Å². The zero-order valence-corrected chi connectivity index (χ0v) is 12.9. The van der Waals surface area contributed by atoms with E-state index in [-0.39, 0.29) is 4.75 Å². The number of para-hydroxylation sites is 1. The normalized spacial score (nSPS) is 39.8. The Morgan fingerprint density at radius 1 is 1.05 bits per heavy atom. The number of anilines is 1. The Bertz CT molecular complexity index is 518. The molecule has 1 unspecified atom stereocenters. The van der Waals surface area contributed by atoms with Crippen molar-refractivity contribution >= 4 is 16.7 Å². The average Bonchev–Trinajstić information content (AvgIpc) is 2.40. The third-order valence-electron chi connectivity index (χ3n) is 5.72. The van der Waals surface area contributed by atoms with Crippen LogP contribution in [0.2, 0.25) is 0 Å². The van der Waals surface area contributed by atoms with Gasteiger partial charge in [-0.05, 0) is 74.8 Å². The molecule has 4 saturated carbocycles. The first-order chi connectivity index (χ1) is 9.64. The van der Waals surface area contributed by atoms with Crippen molar-refractivity contribution in [3.05, 3.63) is 29.8 Å². The Morgan fingerprint density at radius 3 is 2.15 bits per heavy atom. The minimum absolute atomic E-state index is 0.0665. The van der Waals surface area contributed by atoms with Crippen LogP contribution in [0.4, 0.5) is 5.69 Å². The average molecular weight is 289 g/mol. The summed E-state index contributed by atoms with van der Waals surface area (Å²) in [6.07, 6.45) is 7.77. The molecule has 1 N–H and O–H groups in total. The molecule has 0 saturated heterocycles. The van der Waals surface area contributed by atoms with Gasteiger partial charge in [-0.3, -0.25) is 0 Å². The largest absolute Gasteiger partial charge is 0.304 e. The van der Waals surface area contributed by atoms with Crippen molar-refractivity contribution in [2.75, 3.05) is 4.72 Å². The van der Waals surface area contributed by atoms with Gasteiger partial charge in [0.25, 0.3) is 0 Å². The van der Waals surface area contributed by atoms with Crippen LogP contribution in [0.3, 0.4) is 0 Å². The van der Waals surface area contributed by atoms with E-state index in [1.807, 2.05) is 18.2 Å². The second-order valence-electron chi connectivity index (χ2n) is 7.29. The predicted molar refractivity (Wildman–Crippen MR) is 83.8 cm³/mol. The Kier molecular flexibility index (Phi) is 2.95. The van der Waals surface area contributed by atoms with Crippen LogP contribution in [-0.4, -0.2) is 8.96 Å². The fourth-order valence-corrected chi connectivity index (χ4v) is 6.96. The molecule has 4 fully saturated rings. The van der Waals surface area contributed by atoms with Crippen LogP contribution in [0.25, 0.3) is 0 Å². The van der Waals surface area contributed by atoms with Crippen molar-refractivity contribution < 1.29 is 4.21 Å². The smallest absolute Gasteiger partial charge is 0.123 e. The van der Waals surface area contributed by atoms with Crippen LogP contribution < -0.4 is 4.72 Å². The Hall–Kier alpha value is -0.830. The summed E-state index contributed by atoms with van der Waals surface area (Å²) in [6.45, 7) is 2.08. The van der Waals surface area contributed by atoms with Gasteiger partial charge in [0.1, 0.15) is 11.0 Å². The van der Waals surface area contributed by atoms with Crippen molar-refractivity contribution in [1.82, 2.24) is 0 Å². The van der Waals surface area contributed by atoms with Crippen molar-refractivity contribution in [2.24, 2.45) is 17.8 Å². The summed E-state index contributed by atoms with van der Waals surface area (Å²) in [5, 5.41) is 0. The van der Waals surface area contributed by atoms with Crippen molar-refractivity contribution in [3.8, 4) is 0 Å². The second kappa shape index (κ2) is 4.59. The molecule has 1 atom stereocenters. The van der Waals surface area contributed by atoms with Gasteiger partial charge >= 0.3 is 0 Å². The van der Waals surface area contributed by atoms with Gasteiger partial charge in [0, 0.05) is 5.69 Å². The SMILES string of the molecule is Cc1ccccc1NS(=O)C12CC3CC(CC(C3)C1)C2. The van der Waals surface area contributed by atoms with Crippen LogP contribution in [0.5, 0.6) is 0 Å². The van der Waals surface area contributed by atoms with Gasteiger partial charge in [0.2, 0.25) is 0 Å². The summed E-state index contributed by atoms with van der Waals surface area (Å²) in [5.74, 6) is 2.55. The molecule has 0 aliphatic heterocycles. The molecule has 0 spiro atoms. The van der Waals surface area contributed by atoms with Gasteiger partial charge in [-0.1, -0.05) is 18.2 Å². The van der Waals surface area contributed by atoms with E-state index in [9.17, 15) is 4.21 Å². The molecule has 20 heavy (non-hydrogen) atoms. The van der Waals surface area contributed by atoms with Crippen molar-refractivity contribution in [3.63, 3.8) is 0 Å². The summed E-state index contributed by atoms with van der Waals surface area (Å²) < 4.78 is 16.4. The number of aryl methyl sites for hydroxylation is 1. The molecule has 4 bridgehead atoms. The molecular weight excluding hydrogens is 266 g/mol. The third-order valence-corrected chi connectivity index (χ3v) is 7.41. The van der Waals surface area contributed by atoms with Crippen LogP contribution in [0.15, 0.2) is 24.3 Å². The summed E-state index contributed by atoms with van der Waals surface area (Å²) in [4.78, 5) is 0. The second-order valence-corrected chi connectivity index (χ2v) is 8.89. The highest BCUT2D eigenvalue weighted by Gasteiger charge is 2.54. The quantitative estimate of drug-likeness (QED) is 0.894. The number of benzene rings is 1. The van der Waals surface area contributed by atoms with E-state index >= 15 is 0 Å². The summed E-state index contributed by atoms with van der Waals surface area (Å²) in [6, 6.07) is 8.19. The molecule has 5 rings (SSSR count). The predicted octanol–water partition coefficient (Wildman–Crippen LogP) is 4.04. The van der Waals surface area contributed by atoms with E-state index < -0.39 is 11.0 Å².